The average molecular weight is 442 g/mol. The van der Waals surface area contributed by atoms with Crippen molar-refractivity contribution in [3.63, 3.8) is 0 Å². The maximum atomic E-state index is 14.4. The molecule has 33 heavy (non-hydrogen) atoms. The molecule has 0 fully saturated rings. The van der Waals surface area contributed by atoms with E-state index < -0.39 is 5.82 Å². The van der Waals surface area contributed by atoms with Crippen molar-refractivity contribution in [2.75, 3.05) is 5.32 Å². The van der Waals surface area contributed by atoms with E-state index in [2.05, 4.69) is 20.6 Å². The van der Waals surface area contributed by atoms with Crippen molar-refractivity contribution in [2.24, 2.45) is 0 Å². The summed E-state index contributed by atoms with van der Waals surface area (Å²) in [6.07, 6.45) is 6.12. The standard InChI is InChI=1S/C25H19FN4O3/c26-22-12-17(8-9-23(22)33-21-7-3-11-28-16-21)14-29-24(31)18-4-1-6-20(13-18)30-25(32)19-5-2-10-27-15-19/h1-13,15-16H,14H2,(H,29,31)(H,30,32). The van der Waals surface area contributed by atoms with Crippen molar-refractivity contribution in [2.45, 2.75) is 6.54 Å². The maximum Gasteiger partial charge on any atom is 0.257 e. The zero-order chi connectivity index (χ0) is 23.0. The number of amides is 2. The van der Waals surface area contributed by atoms with Crippen LogP contribution in [0.3, 0.4) is 0 Å². The van der Waals surface area contributed by atoms with Crippen LogP contribution in [0.15, 0.2) is 91.5 Å². The van der Waals surface area contributed by atoms with Gasteiger partial charge in [0.15, 0.2) is 11.6 Å². The fourth-order valence-corrected chi connectivity index (χ4v) is 2.99. The molecule has 8 heteroatoms. The number of halogens is 1. The summed E-state index contributed by atoms with van der Waals surface area (Å²) in [6.45, 7) is 0.120. The number of pyridine rings is 2. The largest absolute Gasteiger partial charge is 0.453 e. The lowest BCUT2D eigenvalue weighted by atomic mass is 10.1. The molecule has 0 unspecified atom stereocenters. The predicted molar refractivity (Wildman–Crippen MR) is 121 cm³/mol. The van der Waals surface area contributed by atoms with E-state index in [4.69, 9.17) is 4.74 Å². The molecule has 0 aliphatic rings. The van der Waals surface area contributed by atoms with Crippen molar-refractivity contribution < 1.29 is 18.7 Å². The van der Waals surface area contributed by atoms with Gasteiger partial charge in [0.1, 0.15) is 5.75 Å². The van der Waals surface area contributed by atoms with Crippen LogP contribution in [-0.2, 0) is 6.54 Å². The van der Waals surface area contributed by atoms with Gasteiger partial charge in [-0.15, -0.1) is 0 Å². The van der Waals surface area contributed by atoms with Gasteiger partial charge in [0.2, 0.25) is 0 Å². The summed E-state index contributed by atoms with van der Waals surface area (Å²) in [5, 5.41) is 5.48. The second-order valence-electron chi connectivity index (χ2n) is 7.01. The number of rotatable bonds is 7. The topological polar surface area (TPSA) is 93.2 Å². The molecule has 2 heterocycles. The van der Waals surface area contributed by atoms with Crippen LogP contribution in [0.2, 0.25) is 0 Å². The highest BCUT2D eigenvalue weighted by Crippen LogP contribution is 2.24. The Balaban J connectivity index is 1.36. The fourth-order valence-electron chi connectivity index (χ4n) is 2.99. The Bertz CT molecular complexity index is 1270. The molecule has 7 nitrogen and oxygen atoms in total. The van der Waals surface area contributed by atoms with E-state index in [1.165, 1.54) is 24.5 Å². The molecule has 2 N–H and O–H groups in total. The summed E-state index contributed by atoms with van der Waals surface area (Å²) in [5.74, 6) is -0.748. The molecular weight excluding hydrogens is 423 g/mol. The van der Waals surface area contributed by atoms with Crippen LogP contribution in [-0.4, -0.2) is 21.8 Å². The molecule has 4 rings (SSSR count). The van der Waals surface area contributed by atoms with Gasteiger partial charge >= 0.3 is 0 Å². The fraction of sp³-hybridized carbons (Fsp3) is 0.0400. The smallest absolute Gasteiger partial charge is 0.257 e. The van der Waals surface area contributed by atoms with Crippen molar-refractivity contribution in [3.05, 3.63) is 114 Å². The van der Waals surface area contributed by atoms with Gasteiger partial charge in [0, 0.05) is 36.4 Å². The number of carbonyl (C=O) groups is 2. The molecule has 0 atom stereocenters. The first-order chi connectivity index (χ1) is 16.1. The van der Waals surface area contributed by atoms with Crippen LogP contribution >= 0.6 is 0 Å². The molecule has 0 aliphatic heterocycles. The SMILES string of the molecule is O=C(NCc1ccc(Oc2cccnc2)c(F)c1)c1cccc(NC(=O)c2cccnc2)c1. The Morgan fingerprint density at radius 1 is 0.848 bits per heavy atom. The molecule has 2 aromatic heterocycles. The third-order valence-corrected chi connectivity index (χ3v) is 4.62. The molecule has 0 radical (unpaired) electrons. The van der Waals surface area contributed by atoms with Gasteiger partial charge in [0.25, 0.3) is 11.8 Å². The molecule has 0 saturated heterocycles. The van der Waals surface area contributed by atoms with Gasteiger partial charge < -0.3 is 15.4 Å². The number of nitrogens with one attached hydrogen (secondary N) is 2. The molecule has 2 aromatic carbocycles. The zero-order valence-electron chi connectivity index (χ0n) is 17.4. The van der Waals surface area contributed by atoms with Crippen LogP contribution in [0.25, 0.3) is 0 Å². The van der Waals surface area contributed by atoms with Gasteiger partial charge in [-0.1, -0.05) is 12.1 Å². The van der Waals surface area contributed by atoms with Crippen molar-refractivity contribution in [3.8, 4) is 11.5 Å². The number of nitrogens with zero attached hydrogens (tertiary/aromatic N) is 2. The molecule has 0 saturated carbocycles. The van der Waals surface area contributed by atoms with Gasteiger partial charge in [-0.05, 0) is 60.2 Å². The van der Waals surface area contributed by atoms with Crippen LogP contribution in [0, 0.1) is 5.82 Å². The lowest BCUT2D eigenvalue weighted by molar-refractivity contribution is 0.0949. The second-order valence-corrected chi connectivity index (χ2v) is 7.01. The first-order valence-electron chi connectivity index (χ1n) is 10.0. The van der Waals surface area contributed by atoms with Crippen molar-refractivity contribution in [1.29, 1.82) is 0 Å². The van der Waals surface area contributed by atoms with Crippen LogP contribution in [0.4, 0.5) is 10.1 Å². The molecule has 0 aliphatic carbocycles. The van der Waals surface area contributed by atoms with Crippen molar-refractivity contribution >= 4 is 17.5 Å². The molecule has 4 aromatic rings. The quantitative estimate of drug-likeness (QED) is 0.437. The Morgan fingerprint density at radius 2 is 1.64 bits per heavy atom. The summed E-state index contributed by atoms with van der Waals surface area (Å²) in [6, 6.07) is 17.7. The lowest BCUT2D eigenvalue weighted by Gasteiger charge is -2.10. The normalized spacial score (nSPS) is 10.3. The molecule has 164 valence electrons. The van der Waals surface area contributed by atoms with Crippen molar-refractivity contribution in [1.82, 2.24) is 15.3 Å². The van der Waals surface area contributed by atoms with E-state index >= 15 is 0 Å². The number of hydrogen-bond acceptors (Lipinski definition) is 5. The second kappa shape index (κ2) is 10.1. The Labute approximate surface area is 189 Å². The third kappa shape index (κ3) is 5.76. The Morgan fingerprint density at radius 3 is 2.36 bits per heavy atom. The number of aromatic nitrogens is 2. The van der Waals surface area contributed by atoms with Gasteiger partial charge in [-0.25, -0.2) is 4.39 Å². The third-order valence-electron chi connectivity index (χ3n) is 4.62. The average Bonchev–Trinajstić information content (AvgIpc) is 2.85. The van der Waals surface area contributed by atoms with Gasteiger partial charge in [-0.2, -0.15) is 0 Å². The predicted octanol–water partition coefficient (Wildman–Crippen LogP) is 4.59. The highest BCUT2D eigenvalue weighted by atomic mass is 19.1. The zero-order valence-corrected chi connectivity index (χ0v) is 17.4. The number of carbonyl (C=O) groups excluding carboxylic acids is 2. The first kappa shape index (κ1) is 21.6. The Hall–Kier alpha value is -4.59. The summed E-state index contributed by atoms with van der Waals surface area (Å²) >= 11 is 0. The minimum absolute atomic E-state index is 0.0649. The van der Waals surface area contributed by atoms with Crippen LogP contribution in [0.5, 0.6) is 11.5 Å². The minimum atomic E-state index is -0.550. The highest BCUT2D eigenvalue weighted by molar-refractivity contribution is 6.04. The minimum Gasteiger partial charge on any atom is -0.453 e. The monoisotopic (exact) mass is 442 g/mol. The summed E-state index contributed by atoms with van der Waals surface area (Å²) < 4.78 is 19.9. The number of anilines is 1. The van der Waals surface area contributed by atoms with E-state index in [0.717, 1.165) is 0 Å². The highest BCUT2D eigenvalue weighted by Gasteiger charge is 2.11. The summed E-state index contributed by atoms with van der Waals surface area (Å²) in [4.78, 5) is 32.7. The molecule has 2 amide bonds. The molecule has 0 spiro atoms. The first-order valence-corrected chi connectivity index (χ1v) is 10.0. The van der Waals surface area contributed by atoms with E-state index in [-0.39, 0.29) is 24.1 Å². The lowest BCUT2D eigenvalue weighted by Crippen LogP contribution is -2.23. The van der Waals surface area contributed by atoms with E-state index in [9.17, 15) is 14.0 Å². The van der Waals surface area contributed by atoms with E-state index in [1.54, 1.807) is 67.0 Å². The summed E-state index contributed by atoms with van der Waals surface area (Å²) in [7, 11) is 0. The Kier molecular flexibility index (Phi) is 6.65. The van der Waals surface area contributed by atoms with Crippen LogP contribution < -0.4 is 15.4 Å². The summed E-state index contributed by atoms with van der Waals surface area (Å²) in [5.41, 5.74) is 1.81. The van der Waals surface area contributed by atoms with Gasteiger partial charge in [-0.3, -0.25) is 19.6 Å². The molecular formula is C25H19FN4O3. The van der Waals surface area contributed by atoms with E-state index in [0.29, 0.717) is 28.1 Å². The number of benzene rings is 2. The van der Waals surface area contributed by atoms with E-state index in [1.807, 2.05) is 0 Å². The maximum absolute atomic E-state index is 14.4. The van der Waals surface area contributed by atoms with Gasteiger partial charge in [0.05, 0.1) is 11.8 Å². The van der Waals surface area contributed by atoms with Crippen LogP contribution in [0.1, 0.15) is 26.3 Å². The number of ether oxygens (including phenoxy) is 1. The molecule has 0 bridgehead atoms. The number of hydrogen-bond donors (Lipinski definition) is 2.